The fourth-order valence-corrected chi connectivity index (χ4v) is 13.0. The minimum absolute atomic E-state index is 0.0164. The third-order valence-corrected chi connectivity index (χ3v) is 16.8. The molecule has 79 heavy (non-hydrogen) atoms. The molecular formula is C59H52F6N5O8P. The van der Waals surface area contributed by atoms with Crippen LogP contribution in [-0.2, 0) is 42.1 Å². The average molecular weight is 1100 g/mol. The Hall–Kier alpha value is -7.78. The maximum Gasteiger partial charge on any atom is 0.471 e. The highest BCUT2D eigenvalue weighted by atomic mass is 31.2. The van der Waals surface area contributed by atoms with E-state index in [0.29, 0.717) is 43.4 Å². The van der Waals surface area contributed by atoms with Crippen molar-refractivity contribution in [3.63, 3.8) is 0 Å². The van der Waals surface area contributed by atoms with E-state index in [1.54, 1.807) is 72.8 Å². The van der Waals surface area contributed by atoms with Crippen LogP contribution in [0.25, 0.3) is 22.3 Å². The van der Waals surface area contributed by atoms with Crippen LogP contribution < -0.4 is 24.4 Å². The van der Waals surface area contributed by atoms with Gasteiger partial charge in [0.2, 0.25) is 0 Å². The van der Waals surface area contributed by atoms with Crippen LogP contribution in [0.1, 0.15) is 116 Å². The van der Waals surface area contributed by atoms with Gasteiger partial charge >= 0.3 is 38.7 Å². The number of benzene rings is 6. The van der Waals surface area contributed by atoms with Gasteiger partial charge in [-0.1, -0.05) is 60.7 Å². The lowest BCUT2D eigenvalue weighted by Gasteiger charge is -2.47. The minimum Gasteiger partial charge on any atom is -0.456 e. The normalized spacial score (nSPS) is 16.3. The Morgan fingerprint density at radius 3 is 1.66 bits per heavy atom. The van der Waals surface area contributed by atoms with E-state index >= 15 is 0 Å². The molecule has 10 rings (SSSR count). The first-order chi connectivity index (χ1) is 37.2. The molecule has 1 spiro atoms. The number of hydrogen-bond acceptors (Lipinski definition) is 10. The van der Waals surface area contributed by atoms with E-state index in [4.69, 9.17) is 23.8 Å². The summed E-state index contributed by atoms with van der Waals surface area (Å²) in [5, 5.41) is 12.0. The standard InChI is InChI=1S/C59H52F6N5O8P/c1-32(2)70(33(3)4)79(75-25-13-24-66)78-36-21-18-34(19-22-36)31-67-51(71)35-20-23-39-44(26-35)57(77-52(39)72)45-27-40-37-14-9-11-16-42(37)55(5,6)68(53(73)58(60,61)62)47(40)29-49(45)76-50-30-48-41(28-46(50)57)38-15-10-12-17-43(38)56(7,8)69(48)54(74)59(63,64)65/h9-12,14-23,26-30,32-33H,13,25,31H2,1-8H3,(H,67,71). The van der Waals surface area contributed by atoms with Crippen LogP contribution in [0.4, 0.5) is 37.7 Å². The number of amides is 3. The number of esters is 1. The summed E-state index contributed by atoms with van der Waals surface area (Å²) in [6.45, 7) is 14.1. The van der Waals surface area contributed by atoms with Crippen LogP contribution >= 0.6 is 8.53 Å². The zero-order valence-electron chi connectivity index (χ0n) is 44.0. The molecule has 0 bridgehead atoms. The van der Waals surface area contributed by atoms with Gasteiger partial charge in [-0.05, 0) is 126 Å². The number of rotatable bonds is 11. The molecule has 0 fully saturated rings. The molecule has 4 aliphatic heterocycles. The highest BCUT2D eigenvalue weighted by Crippen LogP contribution is 2.63. The van der Waals surface area contributed by atoms with Gasteiger partial charge in [-0.2, -0.15) is 31.6 Å². The van der Waals surface area contributed by atoms with E-state index < -0.39 is 61.2 Å². The minimum atomic E-state index is -5.36. The molecule has 1 atom stereocenters. The average Bonchev–Trinajstić information content (AvgIpc) is 2.93. The summed E-state index contributed by atoms with van der Waals surface area (Å²) in [6.07, 6.45) is -10.5. The fourth-order valence-electron chi connectivity index (χ4n) is 11.4. The second-order valence-electron chi connectivity index (χ2n) is 21.1. The second kappa shape index (κ2) is 19.5. The largest absolute Gasteiger partial charge is 0.471 e. The number of nitriles is 1. The smallest absolute Gasteiger partial charge is 0.456 e. The van der Waals surface area contributed by atoms with E-state index in [0.717, 1.165) is 0 Å². The number of carbonyl (C=O) groups is 4. The molecule has 6 aromatic rings. The Morgan fingerprint density at radius 2 is 1.18 bits per heavy atom. The summed E-state index contributed by atoms with van der Waals surface area (Å²) in [5.41, 5.74) is -3.09. The Balaban J connectivity index is 1.11. The number of alkyl halides is 6. The van der Waals surface area contributed by atoms with Gasteiger partial charge in [0, 0.05) is 64.1 Å². The highest BCUT2D eigenvalue weighted by molar-refractivity contribution is 7.45. The number of fused-ring (bicyclic) bond motifs is 12. The lowest BCUT2D eigenvalue weighted by atomic mass is 9.72. The van der Waals surface area contributed by atoms with Gasteiger partial charge in [0.15, 0.2) is 5.60 Å². The summed E-state index contributed by atoms with van der Waals surface area (Å²) >= 11 is 0. The molecule has 20 heteroatoms. The van der Waals surface area contributed by atoms with Crippen molar-refractivity contribution in [3.05, 3.63) is 160 Å². The third kappa shape index (κ3) is 9.03. The molecule has 0 aliphatic carbocycles. The van der Waals surface area contributed by atoms with E-state index in [2.05, 4.69) is 16.1 Å². The predicted octanol–water partition coefficient (Wildman–Crippen LogP) is 13.5. The van der Waals surface area contributed by atoms with Crippen molar-refractivity contribution in [1.82, 2.24) is 9.99 Å². The monoisotopic (exact) mass is 1100 g/mol. The van der Waals surface area contributed by atoms with Crippen molar-refractivity contribution in [2.24, 2.45) is 0 Å². The van der Waals surface area contributed by atoms with E-state index in [1.807, 2.05) is 27.7 Å². The first-order valence-corrected chi connectivity index (χ1v) is 26.4. The molecule has 1 unspecified atom stereocenters. The van der Waals surface area contributed by atoms with Crippen LogP contribution in [0.3, 0.4) is 0 Å². The number of halogens is 6. The lowest BCUT2D eigenvalue weighted by molar-refractivity contribution is -0.171. The SMILES string of the molecule is CC(C)N(C(C)C)P(OCCC#N)Oc1ccc(CNC(=O)c2ccc3c(c2)C2(OC3=O)c3cc4c(cc3Oc3cc5c(cc32)-c2ccccc2C(C)(C)N5C(=O)C(F)(F)F)N(C(=O)C(F)(F)F)C(C)(C)c2ccccc2-4)cc1. The van der Waals surface area contributed by atoms with Crippen LogP contribution in [-0.4, -0.2) is 59.4 Å². The van der Waals surface area contributed by atoms with Crippen LogP contribution in [0.2, 0.25) is 0 Å². The van der Waals surface area contributed by atoms with Gasteiger partial charge < -0.3 is 23.8 Å². The Kier molecular flexibility index (Phi) is 13.5. The van der Waals surface area contributed by atoms with Crippen molar-refractivity contribution >= 4 is 43.6 Å². The molecule has 0 saturated carbocycles. The molecule has 4 aliphatic rings. The van der Waals surface area contributed by atoms with E-state index in [9.17, 15) is 45.5 Å². The summed E-state index contributed by atoms with van der Waals surface area (Å²) < 4.78 is 116. The molecule has 4 heterocycles. The molecule has 0 saturated heterocycles. The quantitative estimate of drug-likeness (QED) is 0.0575. The fraction of sp³-hybridized carbons (Fsp3) is 0.305. The van der Waals surface area contributed by atoms with Gasteiger partial charge in [-0.25, -0.2) is 9.46 Å². The van der Waals surface area contributed by atoms with Crippen molar-refractivity contribution in [2.75, 3.05) is 16.4 Å². The summed E-state index contributed by atoms with van der Waals surface area (Å²) in [6, 6.07) is 32.0. The topological polar surface area (TPSA) is 151 Å². The molecule has 6 aromatic carbocycles. The van der Waals surface area contributed by atoms with Crippen LogP contribution in [0, 0.1) is 11.3 Å². The van der Waals surface area contributed by atoms with Crippen LogP contribution in [0.15, 0.2) is 115 Å². The molecule has 3 amide bonds. The van der Waals surface area contributed by atoms with Gasteiger partial charge in [0.1, 0.15) is 17.2 Å². The Labute approximate surface area is 452 Å². The van der Waals surface area contributed by atoms with Crippen molar-refractivity contribution in [1.29, 1.82) is 5.26 Å². The van der Waals surface area contributed by atoms with E-state index in [-0.39, 0.29) is 93.5 Å². The van der Waals surface area contributed by atoms with Crippen molar-refractivity contribution < 1.29 is 64.0 Å². The molecule has 1 N–H and O–H groups in total. The van der Waals surface area contributed by atoms with Crippen molar-refractivity contribution in [3.8, 4) is 45.6 Å². The van der Waals surface area contributed by atoms with Gasteiger partial charge in [0.25, 0.3) is 5.91 Å². The number of anilines is 2. The first kappa shape index (κ1) is 54.6. The zero-order valence-corrected chi connectivity index (χ0v) is 44.9. The number of nitrogens with one attached hydrogen (secondary N) is 1. The Morgan fingerprint density at radius 1 is 0.671 bits per heavy atom. The highest BCUT2D eigenvalue weighted by Gasteiger charge is 2.58. The summed E-state index contributed by atoms with van der Waals surface area (Å²) in [4.78, 5) is 57.4. The molecular weight excluding hydrogens is 1050 g/mol. The maximum atomic E-state index is 14.7. The lowest BCUT2D eigenvalue weighted by Crippen LogP contribution is -2.53. The van der Waals surface area contributed by atoms with Gasteiger partial charge in [0.05, 0.1) is 47.1 Å². The molecule has 0 aromatic heterocycles. The van der Waals surface area contributed by atoms with E-state index in [1.165, 1.54) is 70.2 Å². The first-order valence-electron chi connectivity index (χ1n) is 25.3. The van der Waals surface area contributed by atoms with Gasteiger partial charge in [-0.3, -0.25) is 24.2 Å². The summed E-state index contributed by atoms with van der Waals surface area (Å²) in [5.74, 6) is -5.84. The second-order valence-corrected chi connectivity index (χ2v) is 22.5. The maximum absolute atomic E-state index is 14.7. The predicted molar refractivity (Wildman–Crippen MR) is 282 cm³/mol. The number of nitrogens with zero attached hydrogens (tertiary/aromatic N) is 4. The molecule has 408 valence electrons. The Bertz CT molecular complexity index is 3400. The van der Waals surface area contributed by atoms with Gasteiger partial charge in [-0.15, -0.1) is 0 Å². The molecule has 13 nitrogen and oxygen atoms in total. The van der Waals surface area contributed by atoms with Crippen molar-refractivity contribution in [2.45, 2.75) is 109 Å². The zero-order chi connectivity index (χ0) is 56.9. The molecule has 0 radical (unpaired) electrons. The summed E-state index contributed by atoms with van der Waals surface area (Å²) in [7, 11) is -1.59. The van der Waals surface area contributed by atoms with Crippen LogP contribution in [0.5, 0.6) is 17.2 Å². The number of carbonyl (C=O) groups excluding carboxylic acids is 4. The number of hydrogen-bond donors (Lipinski definition) is 1. The third-order valence-electron chi connectivity index (χ3n) is 14.8. The number of ether oxygens (including phenoxy) is 2.